The average molecular weight is 291 g/mol. The van der Waals surface area contributed by atoms with Gasteiger partial charge in [0.05, 0.1) is 19.3 Å². The molecule has 1 N–H and O–H groups in total. The van der Waals surface area contributed by atoms with E-state index in [9.17, 15) is 9.90 Å². The molecule has 0 spiro atoms. The third-order valence-corrected chi connectivity index (χ3v) is 4.27. The zero-order valence-corrected chi connectivity index (χ0v) is 12.8. The van der Waals surface area contributed by atoms with Crippen LogP contribution in [0.3, 0.4) is 0 Å². The highest BCUT2D eigenvalue weighted by molar-refractivity contribution is 5.90. The van der Waals surface area contributed by atoms with Crippen LogP contribution in [0.15, 0.2) is 24.3 Å². The predicted molar refractivity (Wildman–Crippen MR) is 82.2 cm³/mol. The zero-order chi connectivity index (χ0) is 15.1. The summed E-state index contributed by atoms with van der Waals surface area (Å²) in [5.74, 6) is -0.293. The summed E-state index contributed by atoms with van der Waals surface area (Å²) in [6, 6.07) is 8.09. The van der Waals surface area contributed by atoms with E-state index in [-0.39, 0.29) is 12.6 Å². The van der Waals surface area contributed by atoms with Gasteiger partial charge < -0.3 is 9.84 Å². The predicted octanol–water partition coefficient (Wildman–Crippen LogP) is 2.60. The van der Waals surface area contributed by atoms with Gasteiger partial charge in [0.15, 0.2) is 0 Å². The summed E-state index contributed by atoms with van der Waals surface area (Å²) < 4.78 is 4.86. The van der Waals surface area contributed by atoms with E-state index in [1.807, 2.05) is 18.2 Å². The molecule has 0 aliphatic heterocycles. The van der Waals surface area contributed by atoms with Crippen LogP contribution in [0, 0.1) is 0 Å². The van der Waals surface area contributed by atoms with Gasteiger partial charge in [-0.2, -0.15) is 0 Å². The standard InChI is InChI=1S/C17H25NO3/c1-21-17(20)16-10-6-5-7-14(16)13-18(11-12-19)15-8-3-2-4-9-15/h5-7,10,15,19H,2-4,8-9,11-13H2,1H3. The maximum atomic E-state index is 11.9. The first-order chi connectivity index (χ1) is 10.3. The Morgan fingerprint density at radius 2 is 2.00 bits per heavy atom. The number of benzene rings is 1. The Labute approximate surface area is 126 Å². The van der Waals surface area contributed by atoms with E-state index in [1.165, 1.54) is 39.2 Å². The summed E-state index contributed by atoms with van der Waals surface area (Å²) in [5, 5.41) is 9.34. The van der Waals surface area contributed by atoms with Crippen LogP contribution in [0.2, 0.25) is 0 Å². The normalized spacial score (nSPS) is 16.1. The van der Waals surface area contributed by atoms with E-state index in [0.717, 1.165) is 5.56 Å². The number of carbonyl (C=O) groups is 1. The molecule has 0 saturated heterocycles. The van der Waals surface area contributed by atoms with Crippen molar-refractivity contribution in [2.24, 2.45) is 0 Å². The second kappa shape index (κ2) is 8.15. The molecule has 4 nitrogen and oxygen atoms in total. The molecule has 2 rings (SSSR count). The van der Waals surface area contributed by atoms with Gasteiger partial charge in [0.2, 0.25) is 0 Å². The zero-order valence-electron chi connectivity index (χ0n) is 12.8. The van der Waals surface area contributed by atoms with Crippen molar-refractivity contribution in [2.45, 2.75) is 44.7 Å². The number of aliphatic hydroxyl groups is 1. The first kappa shape index (κ1) is 16.0. The molecule has 1 fully saturated rings. The number of rotatable bonds is 6. The first-order valence-corrected chi connectivity index (χ1v) is 7.77. The summed E-state index contributed by atoms with van der Waals surface area (Å²) in [5.41, 5.74) is 1.60. The van der Waals surface area contributed by atoms with Crippen molar-refractivity contribution < 1.29 is 14.6 Å². The van der Waals surface area contributed by atoms with Crippen LogP contribution in [0.5, 0.6) is 0 Å². The summed E-state index contributed by atoms with van der Waals surface area (Å²) >= 11 is 0. The molecule has 4 heteroatoms. The largest absolute Gasteiger partial charge is 0.465 e. The Kier molecular flexibility index (Phi) is 6.21. The van der Waals surface area contributed by atoms with Gasteiger partial charge in [0.25, 0.3) is 0 Å². The smallest absolute Gasteiger partial charge is 0.338 e. The minimum absolute atomic E-state index is 0.150. The first-order valence-electron chi connectivity index (χ1n) is 7.77. The molecule has 0 bridgehead atoms. The van der Waals surface area contributed by atoms with Crippen molar-refractivity contribution in [1.82, 2.24) is 4.90 Å². The van der Waals surface area contributed by atoms with Crippen LogP contribution in [0.4, 0.5) is 0 Å². The third kappa shape index (κ3) is 4.29. The molecule has 1 aromatic rings. The van der Waals surface area contributed by atoms with Crippen LogP contribution in [0.1, 0.15) is 48.0 Å². The van der Waals surface area contributed by atoms with Gasteiger partial charge in [-0.05, 0) is 24.5 Å². The van der Waals surface area contributed by atoms with Crippen LogP contribution in [-0.4, -0.2) is 42.3 Å². The van der Waals surface area contributed by atoms with E-state index in [2.05, 4.69) is 4.90 Å². The molecule has 116 valence electrons. The van der Waals surface area contributed by atoms with Gasteiger partial charge in [-0.3, -0.25) is 4.90 Å². The maximum absolute atomic E-state index is 11.9. The molecular weight excluding hydrogens is 266 g/mol. The summed E-state index contributed by atoms with van der Waals surface area (Å²) in [7, 11) is 1.41. The third-order valence-electron chi connectivity index (χ3n) is 4.27. The molecule has 1 aliphatic carbocycles. The molecule has 0 heterocycles. The van der Waals surface area contributed by atoms with E-state index in [1.54, 1.807) is 6.07 Å². The Morgan fingerprint density at radius 1 is 1.29 bits per heavy atom. The Hall–Kier alpha value is -1.39. The van der Waals surface area contributed by atoms with Crippen molar-refractivity contribution in [3.63, 3.8) is 0 Å². The van der Waals surface area contributed by atoms with E-state index < -0.39 is 0 Å². The minimum atomic E-state index is -0.293. The highest BCUT2D eigenvalue weighted by atomic mass is 16.5. The van der Waals surface area contributed by atoms with Crippen LogP contribution >= 0.6 is 0 Å². The lowest BCUT2D eigenvalue weighted by molar-refractivity contribution is 0.0596. The van der Waals surface area contributed by atoms with Gasteiger partial charge in [-0.25, -0.2) is 4.79 Å². The monoisotopic (exact) mass is 291 g/mol. The molecule has 0 amide bonds. The molecule has 1 aromatic carbocycles. The highest BCUT2D eigenvalue weighted by Gasteiger charge is 2.22. The molecule has 21 heavy (non-hydrogen) atoms. The summed E-state index contributed by atoms with van der Waals surface area (Å²) in [4.78, 5) is 14.2. The fourth-order valence-electron chi connectivity index (χ4n) is 3.15. The maximum Gasteiger partial charge on any atom is 0.338 e. The number of methoxy groups -OCH3 is 1. The van der Waals surface area contributed by atoms with Gasteiger partial charge in [-0.1, -0.05) is 37.5 Å². The molecule has 1 saturated carbocycles. The fourth-order valence-corrected chi connectivity index (χ4v) is 3.15. The lowest BCUT2D eigenvalue weighted by Crippen LogP contribution is -2.38. The SMILES string of the molecule is COC(=O)c1ccccc1CN(CCO)C1CCCCC1. The molecule has 1 aliphatic rings. The van der Waals surface area contributed by atoms with Crippen molar-refractivity contribution in [3.8, 4) is 0 Å². The summed E-state index contributed by atoms with van der Waals surface area (Å²) in [6.45, 7) is 1.49. The number of carbonyl (C=O) groups excluding carboxylic acids is 1. The van der Waals surface area contributed by atoms with Gasteiger partial charge in [0.1, 0.15) is 0 Å². The number of aliphatic hydroxyl groups excluding tert-OH is 1. The fraction of sp³-hybridized carbons (Fsp3) is 0.588. The lowest BCUT2D eigenvalue weighted by atomic mass is 9.93. The summed E-state index contributed by atoms with van der Waals surface area (Å²) in [6.07, 6.45) is 6.18. The number of nitrogens with zero attached hydrogens (tertiary/aromatic N) is 1. The molecular formula is C17H25NO3. The lowest BCUT2D eigenvalue weighted by Gasteiger charge is -2.34. The van der Waals surface area contributed by atoms with E-state index >= 15 is 0 Å². The molecule has 0 atom stereocenters. The number of esters is 1. The molecule has 0 unspecified atom stereocenters. The number of ether oxygens (including phenoxy) is 1. The Bertz CT molecular complexity index is 455. The van der Waals surface area contributed by atoms with E-state index in [4.69, 9.17) is 4.74 Å². The van der Waals surface area contributed by atoms with Gasteiger partial charge >= 0.3 is 5.97 Å². The van der Waals surface area contributed by atoms with Gasteiger partial charge in [0, 0.05) is 19.1 Å². The molecule has 0 radical (unpaired) electrons. The van der Waals surface area contributed by atoms with Crippen molar-refractivity contribution in [1.29, 1.82) is 0 Å². The molecule has 0 aromatic heterocycles. The number of hydrogen-bond acceptors (Lipinski definition) is 4. The second-order valence-corrected chi connectivity index (χ2v) is 5.63. The topological polar surface area (TPSA) is 49.8 Å². The minimum Gasteiger partial charge on any atom is -0.465 e. The van der Waals surface area contributed by atoms with Crippen molar-refractivity contribution >= 4 is 5.97 Å². The number of hydrogen-bond donors (Lipinski definition) is 1. The Balaban J connectivity index is 2.14. The quantitative estimate of drug-likeness (QED) is 0.819. The van der Waals surface area contributed by atoms with Crippen LogP contribution in [-0.2, 0) is 11.3 Å². The van der Waals surface area contributed by atoms with Crippen molar-refractivity contribution in [3.05, 3.63) is 35.4 Å². The van der Waals surface area contributed by atoms with Crippen molar-refractivity contribution in [2.75, 3.05) is 20.3 Å². The van der Waals surface area contributed by atoms with E-state index in [0.29, 0.717) is 24.7 Å². The average Bonchev–Trinajstić information content (AvgIpc) is 2.55. The van der Waals surface area contributed by atoms with Crippen LogP contribution in [0.25, 0.3) is 0 Å². The highest BCUT2D eigenvalue weighted by Crippen LogP contribution is 2.24. The second-order valence-electron chi connectivity index (χ2n) is 5.63. The van der Waals surface area contributed by atoms with Crippen LogP contribution < -0.4 is 0 Å². The van der Waals surface area contributed by atoms with Gasteiger partial charge in [-0.15, -0.1) is 0 Å². The Morgan fingerprint density at radius 3 is 2.67 bits per heavy atom.